The van der Waals surface area contributed by atoms with E-state index < -0.39 is 8.07 Å². The summed E-state index contributed by atoms with van der Waals surface area (Å²) in [5.74, 6) is 0.464. The lowest BCUT2D eigenvalue weighted by molar-refractivity contribution is 0.673. The van der Waals surface area contributed by atoms with Gasteiger partial charge in [0.05, 0.1) is 13.8 Å². The molecule has 0 bridgehead atoms. The summed E-state index contributed by atoms with van der Waals surface area (Å²) in [6.07, 6.45) is 1.90. The molecule has 0 N–H and O–H groups in total. The summed E-state index contributed by atoms with van der Waals surface area (Å²) in [6, 6.07) is 22.0. The smallest absolute Gasteiger partial charge is 0.144 e. The number of nitrogens with zero attached hydrogens (tertiary/aromatic N) is 1. The second-order valence-corrected chi connectivity index (χ2v) is 14.6. The van der Waals surface area contributed by atoms with Gasteiger partial charge in [-0.1, -0.05) is 75.1 Å². The van der Waals surface area contributed by atoms with Crippen LogP contribution in [0.2, 0.25) is 19.6 Å². The number of aromatic nitrogens is 1. The molecule has 0 fully saturated rings. The maximum absolute atomic E-state index is 6.55. The molecule has 0 aliphatic carbocycles. The van der Waals surface area contributed by atoms with E-state index in [2.05, 4.69) is 99.1 Å². The average Bonchev–Trinajstić information content (AvgIpc) is 3.12. The first kappa shape index (κ1) is 19.1. The van der Waals surface area contributed by atoms with Crippen LogP contribution < -0.4 is 5.19 Å². The van der Waals surface area contributed by atoms with Crippen LogP contribution in [0.5, 0.6) is 0 Å². The second kappa shape index (κ2) is 6.81. The van der Waals surface area contributed by atoms with Gasteiger partial charge >= 0.3 is 0 Å². The van der Waals surface area contributed by atoms with E-state index in [1.54, 1.807) is 0 Å². The highest BCUT2D eigenvalue weighted by Gasteiger charge is 2.19. The number of hydrogen-bond donors (Lipinski definition) is 0. The number of benzene rings is 3. The fourth-order valence-electron chi connectivity index (χ4n) is 4.21. The average molecular weight is 410 g/mol. The van der Waals surface area contributed by atoms with Gasteiger partial charge in [0.25, 0.3) is 0 Å². The number of para-hydroxylation sites is 1. The Morgan fingerprint density at radius 2 is 1.57 bits per heavy atom. The van der Waals surface area contributed by atoms with Gasteiger partial charge in [-0.15, -0.1) is 0 Å². The van der Waals surface area contributed by atoms with Crippen LogP contribution >= 0.6 is 0 Å². The van der Waals surface area contributed by atoms with Crippen molar-refractivity contribution in [1.29, 1.82) is 0 Å². The molecule has 5 aromatic rings. The molecule has 5 rings (SSSR count). The molecule has 150 valence electrons. The van der Waals surface area contributed by atoms with Crippen molar-refractivity contribution in [3.05, 3.63) is 72.4 Å². The van der Waals surface area contributed by atoms with Gasteiger partial charge in [0, 0.05) is 27.9 Å². The van der Waals surface area contributed by atoms with Gasteiger partial charge in [-0.2, -0.15) is 0 Å². The maximum Gasteiger partial charge on any atom is 0.144 e. The molecule has 0 radical (unpaired) electrons. The summed E-state index contributed by atoms with van der Waals surface area (Å²) < 4.78 is 6.55. The molecule has 2 heterocycles. The Morgan fingerprint density at radius 1 is 0.800 bits per heavy atom. The molecule has 3 heteroatoms. The summed E-state index contributed by atoms with van der Waals surface area (Å²) in [5, 5.41) is 6.22. The van der Waals surface area contributed by atoms with Crippen LogP contribution in [-0.4, -0.2) is 13.1 Å². The van der Waals surface area contributed by atoms with E-state index in [-0.39, 0.29) is 0 Å². The van der Waals surface area contributed by atoms with Crippen LogP contribution in [0.3, 0.4) is 0 Å². The highest BCUT2D eigenvalue weighted by Crippen LogP contribution is 2.38. The normalized spacial score (nSPS) is 12.5. The van der Waals surface area contributed by atoms with E-state index in [1.807, 2.05) is 6.20 Å². The molecule has 3 aromatic carbocycles. The summed E-state index contributed by atoms with van der Waals surface area (Å²) in [6.45, 7) is 11.6. The standard InChI is InChI=1S/C27H27NOSi/c1-17(2)18-13-14-28-25(16-18)24-8-6-7-22-23-11-9-19-15-20(30(3,4)5)10-12-21(19)26(23)29-27(22)24/h6-17H,1-5H3. The van der Waals surface area contributed by atoms with Crippen molar-refractivity contribution < 1.29 is 4.42 Å². The van der Waals surface area contributed by atoms with E-state index in [9.17, 15) is 0 Å². The van der Waals surface area contributed by atoms with Crippen molar-refractivity contribution in [1.82, 2.24) is 4.98 Å². The summed E-state index contributed by atoms with van der Waals surface area (Å²) in [5.41, 5.74) is 5.20. The molecular weight excluding hydrogens is 382 g/mol. The van der Waals surface area contributed by atoms with Gasteiger partial charge in [0.15, 0.2) is 0 Å². The van der Waals surface area contributed by atoms with Crippen LogP contribution in [0, 0.1) is 0 Å². The molecule has 2 aromatic heterocycles. The molecule has 0 saturated heterocycles. The SMILES string of the molecule is CC(C)c1ccnc(-c2cccc3c2oc2c4ccc([Si](C)(C)C)cc4ccc32)c1. The molecule has 0 unspecified atom stereocenters. The summed E-state index contributed by atoms with van der Waals surface area (Å²) in [7, 11) is -1.36. The first-order valence-electron chi connectivity index (χ1n) is 10.7. The van der Waals surface area contributed by atoms with Gasteiger partial charge in [0.1, 0.15) is 11.2 Å². The highest BCUT2D eigenvalue weighted by atomic mass is 28.3. The molecule has 0 atom stereocenters. The molecule has 0 saturated carbocycles. The number of furan rings is 1. The van der Waals surface area contributed by atoms with E-state index in [1.165, 1.54) is 26.9 Å². The quantitative estimate of drug-likeness (QED) is 0.289. The summed E-state index contributed by atoms with van der Waals surface area (Å²) in [4.78, 5) is 4.66. The Kier molecular flexibility index (Phi) is 4.33. The van der Waals surface area contributed by atoms with Crippen molar-refractivity contribution in [2.24, 2.45) is 0 Å². The number of pyridine rings is 1. The van der Waals surface area contributed by atoms with Crippen LogP contribution in [0.1, 0.15) is 25.3 Å². The fourth-order valence-corrected chi connectivity index (χ4v) is 5.38. The molecule has 0 spiro atoms. The monoisotopic (exact) mass is 409 g/mol. The minimum Gasteiger partial charge on any atom is -0.455 e. The van der Waals surface area contributed by atoms with Gasteiger partial charge < -0.3 is 4.42 Å². The molecule has 0 aliphatic rings. The molecular formula is C27H27NOSi. The Labute approximate surface area is 178 Å². The van der Waals surface area contributed by atoms with E-state index in [4.69, 9.17) is 4.42 Å². The molecule has 0 amide bonds. The Balaban J connectivity index is 1.78. The zero-order valence-corrected chi connectivity index (χ0v) is 19.3. The largest absolute Gasteiger partial charge is 0.455 e. The predicted molar refractivity (Wildman–Crippen MR) is 132 cm³/mol. The zero-order chi connectivity index (χ0) is 21.0. The maximum atomic E-state index is 6.55. The van der Waals surface area contributed by atoms with Gasteiger partial charge in [-0.3, -0.25) is 4.98 Å². The van der Waals surface area contributed by atoms with Gasteiger partial charge in [-0.05, 0) is 41.1 Å². The Hall–Kier alpha value is -2.91. The lowest BCUT2D eigenvalue weighted by atomic mass is 10.00. The Bertz CT molecular complexity index is 1410. The second-order valence-electron chi connectivity index (χ2n) is 9.54. The number of hydrogen-bond acceptors (Lipinski definition) is 2. The van der Waals surface area contributed by atoms with Gasteiger partial charge in [-0.25, -0.2) is 0 Å². The lowest BCUT2D eigenvalue weighted by Gasteiger charge is -2.17. The van der Waals surface area contributed by atoms with E-state index in [0.29, 0.717) is 5.92 Å². The van der Waals surface area contributed by atoms with Crippen LogP contribution in [0.15, 0.2) is 71.3 Å². The molecule has 30 heavy (non-hydrogen) atoms. The third kappa shape index (κ3) is 3.05. The zero-order valence-electron chi connectivity index (χ0n) is 18.3. The number of rotatable bonds is 3. The van der Waals surface area contributed by atoms with Crippen LogP contribution in [0.25, 0.3) is 44.0 Å². The molecule has 0 aliphatic heterocycles. The van der Waals surface area contributed by atoms with Crippen molar-refractivity contribution in [2.45, 2.75) is 39.4 Å². The fraction of sp³-hybridized carbons (Fsp3) is 0.222. The highest BCUT2D eigenvalue weighted by molar-refractivity contribution is 6.88. The third-order valence-electron chi connectivity index (χ3n) is 6.07. The first-order chi connectivity index (χ1) is 14.3. The van der Waals surface area contributed by atoms with E-state index >= 15 is 0 Å². The molecule has 2 nitrogen and oxygen atoms in total. The topological polar surface area (TPSA) is 26.0 Å². The van der Waals surface area contributed by atoms with Crippen molar-refractivity contribution in [2.75, 3.05) is 0 Å². The van der Waals surface area contributed by atoms with Crippen molar-refractivity contribution in [3.8, 4) is 11.3 Å². The van der Waals surface area contributed by atoms with Crippen LogP contribution in [-0.2, 0) is 0 Å². The van der Waals surface area contributed by atoms with Crippen molar-refractivity contribution >= 4 is 46.0 Å². The summed E-state index contributed by atoms with van der Waals surface area (Å²) >= 11 is 0. The first-order valence-corrected chi connectivity index (χ1v) is 14.2. The lowest BCUT2D eigenvalue weighted by Crippen LogP contribution is -2.37. The Morgan fingerprint density at radius 3 is 2.33 bits per heavy atom. The van der Waals surface area contributed by atoms with Crippen LogP contribution in [0.4, 0.5) is 0 Å². The van der Waals surface area contributed by atoms with Gasteiger partial charge in [0.2, 0.25) is 0 Å². The van der Waals surface area contributed by atoms with Crippen molar-refractivity contribution in [3.63, 3.8) is 0 Å². The number of fused-ring (bicyclic) bond motifs is 5. The third-order valence-corrected chi connectivity index (χ3v) is 8.12. The van der Waals surface area contributed by atoms with E-state index in [0.717, 1.165) is 27.8 Å². The predicted octanol–water partition coefficient (Wildman–Crippen LogP) is 7.47. The minimum absolute atomic E-state index is 0.464. The minimum atomic E-state index is -1.36.